The van der Waals surface area contributed by atoms with Crippen LogP contribution in [0.15, 0.2) is 28.8 Å². The molecule has 7 nitrogen and oxygen atoms in total. The number of para-hydroxylation sites is 1. The number of amides is 1. The number of methoxy groups -OCH3 is 1. The van der Waals surface area contributed by atoms with Crippen LogP contribution in [-0.4, -0.2) is 47.7 Å². The lowest BCUT2D eigenvalue weighted by Crippen LogP contribution is -2.48. The number of ether oxygens (including phenoxy) is 1. The summed E-state index contributed by atoms with van der Waals surface area (Å²) < 4.78 is 10.7. The molecular weight excluding hydrogens is 332 g/mol. The molecule has 0 bridgehead atoms. The number of nitrogens with zero attached hydrogens (tertiary/aromatic N) is 3. The Balaban J connectivity index is 1.69. The van der Waals surface area contributed by atoms with Gasteiger partial charge in [-0.05, 0) is 6.07 Å². The zero-order chi connectivity index (χ0) is 18.5. The standard InChI is InChI=1S/C19H26N4O3/c1-13(2)19-21-17(26-22-19)8-9-18(24)23-11-10-20-12-15(23)14-6-4-5-7-16(14)25-3/h4-7,13,15,20H,8-12H2,1-3H3. The van der Waals surface area contributed by atoms with Crippen molar-refractivity contribution in [3.63, 3.8) is 0 Å². The van der Waals surface area contributed by atoms with Crippen LogP contribution in [0.2, 0.25) is 0 Å². The van der Waals surface area contributed by atoms with E-state index in [9.17, 15) is 4.79 Å². The quantitative estimate of drug-likeness (QED) is 0.853. The molecule has 3 rings (SSSR count). The zero-order valence-corrected chi connectivity index (χ0v) is 15.6. The van der Waals surface area contributed by atoms with Crippen molar-refractivity contribution >= 4 is 5.91 Å². The lowest BCUT2D eigenvalue weighted by atomic mass is 10.0. The van der Waals surface area contributed by atoms with E-state index in [1.54, 1.807) is 7.11 Å². The van der Waals surface area contributed by atoms with E-state index >= 15 is 0 Å². The molecule has 0 radical (unpaired) electrons. The maximum Gasteiger partial charge on any atom is 0.227 e. The number of aryl methyl sites for hydroxylation is 1. The van der Waals surface area contributed by atoms with Crippen LogP contribution < -0.4 is 10.1 Å². The largest absolute Gasteiger partial charge is 0.496 e. The minimum absolute atomic E-state index is 0.0405. The Morgan fingerprint density at radius 1 is 1.42 bits per heavy atom. The summed E-state index contributed by atoms with van der Waals surface area (Å²) in [5.74, 6) is 2.31. The van der Waals surface area contributed by atoms with Gasteiger partial charge in [-0.2, -0.15) is 4.98 Å². The molecule has 1 saturated heterocycles. The second kappa shape index (κ2) is 8.31. The van der Waals surface area contributed by atoms with Crippen molar-refractivity contribution in [2.24, 2.45) is 0 Å². The van der Waals surface area contributed by atoms with E-state index in [1.165, 1.54) is 0 Å². The first kappa shape index (κ1) is 18.4. The summed E-state index contributed by atoms with van der Waals surface area (Å²) in [5, 5.41) is 7.32. The zero-order valence-electron chi connectivity index (χ0n) is 15.6. The number of rotatable bonds is 6. The Morgan fingerprint density at radius 2 is 2.23 bits per heavy atom. The predicted octanol–water partition coefficient (Wildman–Crippen LogP) is 2.31. The normalized spacial score (nSPS) is 17.5. The number of aromatic nitrogens is 2. The van der Waals surface area contributed by atoms with Crippen molar-refractivity contribution in [3.05, 3.63) is 41.5 Å². The average Bonchev–Trinajstić information content (AvgIpc) is 3.15. The van der Waals surface area contributed by atoms with Gasteiger partial charge in [-0.1, -0.05) is 37.2 Å². The van der Waals surface area contributed by atoms with E-state index in [1.807, 2.05) is 43.0 Å². The average molecular weight is 358 g/mol. The Hall–Kier alpha value is -2.41. The van der Waals surface area contributed by atoms with Gasteiger partial charge in [-0.15, -0.1) is 0 Å². The fourth-order valence-corrected chi connectivity index (χ4v) is 3.18. The Morgan fingerprint density at radius 3 is 2.96 bits per heavy atom. The summed E-state index contributed by atoms with van der Waals surface area (Å²) in [5.41, 5.74) is 1.02. The number of benzene rings is 1. The minimum atomic E-state index is -0.0405. The highest BCUT2D eigenvalue weighted by atomic mass is 16.5. The summed E-state index contributed by atoms with van der Waals surface area (Å²) in [7, 11) is 1.66. The molecule has 26 heavy (non-hydrogen) atoms. The van der Waals surface area contributed by atoms with E-state index in [0.717, 1.165) is 17.9 Å². The summed E-state index contributed by atoms with van der Waals surface area (Å²) in [4.78, 5) is 19.1. The number of carbonyl (C=O) groups excluding carboxylic acids is 1. The van der Waals surface area contributed by atoms with Gasteiger partial charge >= 0.3 is 0 Å². The fraction of sp³-hybridized carbons (Fsp3) is 0.526. The highest BCUT2D eigenvalue weighted by Gasteiger charge is 2.29. The Kier molecular flexibility index (Phi) is 5.88. The van der Waals surface area contributed by atoms with Crippen molar-refractivity contribution in [1.29, 1.82) is 0 Å². The first-order chi connectivity index (χ1) is 12.6. The van der Waals surface area contributed by atoms with Crippen molar-refractivity contribution in [2.75, 3.05) is 26.7 Å². The Bertz CT molecular complexity index is 744. The maximum atomic E-state index is 12.9. The van der Waals surface area contributed by atoms with Gasteiger partial charge in [-0.25, -0.2) is 0 Å². The van der Waals surface area contributed by atoms with Gasteiger partial charge in [0.15, 0.2) is 5.82 Å². The lowest BCUT2D eigenvalue weighted by molar-refractivity contribution is -0.134. The number of nitrogens with one attached hydrogen (secondary N) is 1. The molecule has 1 unspecified atom stereocenters. The molecule has 1 aliphatic rings. The van der Waals surface area contributed by atoms with Gasteiger partial charge in [0, 0.05) is 44.0 Å². The maximum absolute atomic E-state index is 12.9. The molecule has 7 heteroatoms. The minimum Gasteiger partial charge on any atom is -0.496 e. The second-order valence-corrected chi connectivity index (χ2v) is 6.75. The number of hydrogen-bond acceptors (Lipinski definition) is 6. The summed E-state index contributed by atoms with van der Waals surface area (Å²) in [6, 6.07) is 7.82. The van der Waals surface area contributed by atoms with Crippen LogP contribution >= 0.6 is 0 Å². The van der Waals surface area contributed by atoms with Gasteiger partial charge in [-0.3, -0.25) is 4.79 Å². The first-order valence-corrected chi connectivity index (χ1v) is 9.05. The summed E-state index contributed by atoms with van der Waals surface area (Å²) in [6.45, 7) is 6.19. The monoisotopic (exact) mass is 358 g/mol. The van der Waals surface area contributed by atoms with Crippen molar-refractivity contribution in [3.8, 4) is 5.75 Å². The van der Waals surface area contributed by atoms with Gasteiger partial charge in [0.25, 0.3) is 0 Å². The number of carbonyl (C=O) groups is 1. The molecule has 2 aromatic rings. The van der Waals surface area contributed by atoms with Crippen LogP contribution in [0.1, 0.15) is 49.5 Å². The molecule has 1 amide bonds. The lowest BCUT2D eigenvalue weighted by Gasteiger charge is -2.37. The van der Waals surface area contributed by atoms with Gasteiger partial charge < -0.3 is 19.5 Å². The van der Waals surface area contributed by atoms with Gasteiger partial charge in [0.1, 0.15) is 5.75 Å². The third kappa shape index (κ3) is 4.04. The predicted molar refractivity (Wildman–Crippen MR) is 97.0 cm³/mol. The van der Waals surface area contributed by atoms with E-state index in [4.69, 9.17) is 9.26 Å². The van der Waals surface area contributed by atoms with E-state index in [2.05, 4.69) is 15.5 Å². The van der Waals surface area contributed by atoms with Crippen LogP contribution in [0.25, 0.3) is 0 Å². The molecule has 1 aliphatic heterocycles. The summed E-state index contributed by atoms with van der Waals surface area (Å²) >= 11 is 0. The third-order valence-corrected chi connectivity index (χ3v) is 4.61. The van der Waals surface area contributed by atoms with E-state index in [0.29, 0.717) is 37.6 Å². The van der Waals surface area contributed by atoms with Gasteiger partial charge in [0.2, 0.25) is 11.8 Å². The van der Waals surface area contributed by atoms with Crippen LogP contribution in [0.5, 0.6) is 5.75 Å². The fourth-order valence-electron chi connectivity index (χ4n) is 3.18. The highest BCUT2D eigenvalue weighted by Crippen LogP contribution is 2.30. The van der Waals surface area contributed by atoms with Crippen LogP contribution in [0, 0.1) is 0 Å². The third-order valence-electron chi connectivity index (χ3n) is 4.61. The molecule has 2 heterocycles. The highest BCUT2D eigenvalue weighted by molar-refractivity contribution is 5.77. The molecule has 1 N–H and O–H groups in total. The molecular formula is C19H26N4O3. The molecule has 140 valence electrons. The van der Waals surface area contributed by atoms with Gasteiger partial charge in [0.05, 0.1) is 13.2 Å². The van der Waals surface area contributed by atoms with E-state index in [-0.39, 0.29) is 17.9 Å². The summed E-state index contributed by atoms with van der Waals surface area (Å²) in [6.07, 6.45) is 0.812. The molecule has 1 aromatic carbocycles. The molecule has 1 fully saturated rings. The van der Waals surface area contributed by atoms with Crippen LogP contribution in [-0.2, 0) is 11.2 Å². The molecule has 1 atom stereocenters. The first-order valence-electron chi connectivity index (χ1n) is 9.05. The topological polar surface area (TPSA) is 80.5 Å². The van der Waals surface area contributed by atoms with Crippen molar-refractivity contribution in [2.45, 2.75) is 38.6 Å². The SMILES string of the molecule is COc1ccccc1C1CNCCN1C(=O)CCc1nc(C(C)C)no1. The molecule has 0 aliphatic carbocycles. The smallest absolute Gasteiger partial charge is 0.227 e. The second-order valence-electron chi connectivity index (χ2n) is 6.75. The van der Waals surface area contributed by atoms with Crippen molar-refractivity contribution in [1.82, 2.24) is 20.4 Å². The number of piperazine rings is 1. The molecule has 1 aromatic heterocycles. The van der Waals surface area contributed by atoms with Crippen LogP contribution in [0.4, 0.5) is 0 Å². The van der Waals surface area contributed by atoms with E-state index < -0.39 is 0 Å². The molecule has 0 saturated carbocycles. The number of hydrogen-bond donors (Lipinski definition) is 1. The molecule has 0 spiro atoms. The van der Waals surface area contributed by atoms with Crippen molar-refractivity contribution < 1.29 is 14.1 Å². The van der Waals surface area contributed by atoms with Crippen LogP contribution in [0.3, 0.4) is 0 Å². The Labute approximate surface area is 153 Å².